The summed E-state index contributed by atoms with van der Waals surface area (Å²) in [5.41, 5.74) is 8.31. The SMILES string of the molecule is CCc1cccc(NC(C)C(C)N)c1. The summed E-state index contributed by atoms with van der Waals surface area (Å²) in [5, 5.41) is 3.39. The van der Waals surface area contributed by atoms with Crippen LogP contribution in [0.3, 0.4) is 0 Å². The Morgan fingerprint density at radius 3 is 2.64 bits per heavy atom. The van der Waals surface area contributed by atoms with E-state index in [1.54, 1.807) is 0 Å². The Hall–Kier alpha value is -1.02. The van der Waals surface area contributed by atoms with Crippen molar-refractivity contribution in [3.05, 3.63) is 29.8 Å². The largest absolute Gasteiger partial charge is 0.381 e. The molecule has 0 radical (unpaired) electrons. The summed E-state index contributed by atoms with van der Waals surface area (Å²) in [4.78, 5) is 0. The number of hydrogen-bond acceptors (Lipinski definition) is 2. The smallest absolute Gasteiger partial charge is 0.0381 e. The summed E-state index contributed by atoms with van der Waals surface area (Å²) < 4.78 is 0. The molecule has 0 saturated heterocycles. The van der Waals surface area contributed by atoms with Crippen LogP contribution in [0, 0.1) is 0 Å². The molecule has 1 aromatic rings. The van der Waals surface area contributed by atoms with Crippen molar-refractivity contribution in [3.63, 3.8) is 0 Å². The van der Waals surface area contributed by atoms with Crippen LogP contribution in [0.15, 0.2) is 24.3 Å². The molecule has 2 unspecified atom stereocenters. The number of nitrogens with two attached hydrogens (primary N) is 1. The van der Waals surface area contributed by atoms with Crippen molar-refractivity contribution in [2.24, 2.45) is 5.73 Å². The molecule has 14 heavy (non-hydrogen) atoms. The minimum Gasteiger partial charge on any atom is -0.381 e. The summed E-state index contributed by atoms with van der Waals surface area (Å²) >= 11 is 0. The van der Waals surface area contributed by atoms with Gasteiger partial charge in [0, 0.05) is 17.8 Å². The molecule has 2 atom stereocenters. The minimum absolute atomic E-state index is 0.167. The van der Waals surface area contributed by atoms with Gasteiger partial charge in [-0.15, -0.1) is 0 Å². The van der Waals surface area contributed by atoms with Crippen molar-refractivity contribution in [1.29, 1.82) is 0 Å². The second-order valence-electron chi connectivity index (χ2n) is 3.85. The Kier molecular flexibility index (Phi) is 3.96. The normalized spacial score (nSPS) is 14.9. The van der Waals surface area contributed by atoms with Crippen molar-refractivity contribution < 1.29 is 0 Å². The highest BCUT2D eigenvalue weighted by Crippen LogP contribution is 2.12. The molecule has 1 aromatic carbocycles. The predicted molar refractivity (Wildman–Crippen MR) is 62.6 cm³/mol. The first kappa shape index (κ1) is 11.1. The fourth-order valence-corrected chi connectivity index (χ4v) is 1.28. The Morgan fingerprint density at radius 1 is 1.36 bits per heavy atom. The third-order valence-electron chi connectivity index (χ3n) is 2.52. The zero-order valence-electron chi connectivity index (χ0n) is 9.25. The molecule has 1 rings (SSSR count). The van der Waals surface area contributed by atoms with E-state index in [9.17, 15) is 0 Å². The first-order chi connectivity index (χ1) is 6.63. The average molecular weight is 192 g/mol. The zero-order valence-corrected chi connectivity index (χ0v) is 9.25. The highest BCUT2D eigenvalue weighted by atomic mass is 14.9. The lowest BCUT2D eigenvalue weighted by Gasteiger charge is -2.19. The monoisotopic (exact) mass is 192 g/mol. The highest BCUT2D eigenvalue weighted by molar-refractivity contribution is 5.46. The molecular weight excluding hydrogens is 172 g/mol. The molecule has 0 spiro atoms. The molecule has 3 N–H and O–H groups in total. The first-order valence-corrected chi connectivity index (χ1v) is 5.24. The molecule has 0 heterocycles. The molecule has 0 saturated carbocycles. The lowest BCUT2D eigenvalue weighted by molar-refractivity contribution is 0.638. The van der Waals surface area contributed by atoms with Crippen LogP contribution in [-0.4, -0.2) is 12.1 Å². The molecule has 0 bridgehead atoms. The molecule has 0 aliphatic rings. The van der Waals surface area contributed by atoms with E-state index >= 15 is 0 Å². The lowest BCUT2D eigenvalue weighted by atomic mass is 10.1. The van der Waals surface area contributed by atoms with E-state index in [0.717, 1.165) is 12.1 Å². The van der Waals surface area contributed by atoms with Crippen molar-refractivity contribution in [1.82, 2.24) is 0 Å². The summed E-state index contributed by atoms with van der Waals surface area (Å²) in [6, 6.07) is 8.95. The van der Waals surface area contributed by atoms with Crippen LogP contribution in [0.25, 0.3) is 0 Å². The van der Waals surface area contributed by atoms with Crippen LogP contribution < -0.4 is 11.1 Å². The van der Waals surface area contributed by atoms with E-state index in [2.05, 4.69) is 43.4 Å². The van der Waals surface area contributed by atoms with Gasteiger partial charge in [-0.05, 0) is 38.0 Å². The number of hydrogen-bond donors (Lipinski definition) is 2. The maximum atomic E-state index is 5.79. The minimum atomic E-state index is 0.167. The fourth-order valence-electron chi connectivity index (χ4n) is 1.28. The van der Waals surface area contributed by atoms with Gasteiger partial charge in [0.25, 0.3) is 0 Å². The number of nitrogens with one attached hydrogen (secondary N) is 1. The van der Waals surface area contributed by atoms with Crippen molar-refractivity contribution >= 4 is 5.69 Å². The van der Waals surface area contributed by atoms with Crippen molar-refractivity contribution in [2.45, 2.75) is 39.3 Å². The van der Waals surface area contributed by atoms with Gasteiger partial charge in [-0.3, -0.25) is 0 Å². The number of benzene rings is 1. The second-order valence-corrected chi connectivity index (χ2v) is 3.85. The maximum Gasteiger partial charge on any atom is 0.0381 e. The van der Waals surface area contributed by atoms with Gasteiger partial charge < -0.3 is 11.1 Å². The Balaban J connectivity index is 2.66. The third kappa shape index (κ3) is 3.04. The highest BCUT2D eigenvalue weighted by Gasteiger charge is 2.06. The van der Waals surface area contributed by atoms with E-state index in [1.165, 1.54) is 5.56 Å². The topological polar surface area (TPSA) is 38.0 Å². The molecule has 0 fully saturated rings. The lowest BCUT2D eigenvalue weighted by Crippen LogP contribution is -2.35. The van der Waals surface area contributed by atoms with Crippen molar-refractivity contribution in [2.75, 3.05) is 5.32 Å². The van der Waals surface area contributed by atoms with Crippen LogP contribution >= 0.6 is 0 Å². The summed E-state index contributed by atoms with van der Waals surface area (Å²) in [6.07, 6.45) is 1.07. The van der Waals surface area contributed by atoms with Crippen LogP contribution in [0.1, 0.15) is 26.3 Å². The first-order valence-electron chi connectivity index (χ1n) is 5.24. The van der Waals surface area contributed by atoms with Crippen LogP contribution in [-0.2, 0) is 6.42 Å². The maximum absolute atomic E-state index is 5.79. The predicted octanol–water partition coefficient (Wildman–Crippen LogP) is 2.40. The van der Waals surface area contributed by atoms with Gasteiger partial charge in [0.2, 0.25) is 0 Å². The molecule has 2 heteroatoms. The number of anilines is 1. The van der Waals surface area contributed by atoms with Gasteiger partial charge in [-0.25, -0.2) is 0 Å². The molecule has 0 aliphatic carbocycles. The number of aryl methyl sites for hydroxylation is 1. The molecular formula is C12H20N2. The quantitative estimate of drug-likeness (QED) is 0.768. The standard InChI is InChI=1S/C12H20N2/c1-4-11-6-5-7-12(8-11)14-10(3)9(2)13/h5-10,14H,4,13H2,1-3H3. The molecule has 0 aromatic heterocycles. The zero-order chi connectivity index (χ0) is 10.6. The van der Waals surface area contributed by atoms with Gasteiger partial charge in [0.1, 0.15) is 0 Å². The van der Waals surface area contributed by atoms with E-state index in [1.807, 2.05) is 6.92 Å². The van der Waals surface area contributed by atoms with E-state index in [4.69, 9.17) is 5.73 Å². The molecule has 2 nitrogen and oxygen atoms in total. The van der Waals surface area contributed by atoms with Gasteiger partial charge in [-0.1, -0.05) is 19.1 Å². The van der Waals surface area contributed by atoms with E-state index in [-0.39, 0.29) is 6.04 Å². The van der Waals surface area contributed by atoms with E-state index in [0.29, 0.717) is 6.04 Å². The van der Waals surface area contributed by atoms with Crippen LogP contribution in [0.5, 0.6) is 0 Å². The second kappa shape index (κ2) is 5.01. The average Bonchev–Trinajstić information content (AvgIpc) is 2.18. The molecule has 0 aliphatic heterocycles. The summed E-state index contributed by atoms with van der Waals surface area (Å²) in [7, 11) is 0. The van der Waals surface area contributed by atoms with Gasteiger partial charge in [-0.2, -0.15) is 0 Å². The van der Waals surface area contributed by atoms with Gasteiger partial charge in [0.05, 0.1) is 0 Å². The molecule has 0 amide bonds. The fraction of sp³-hybridized carbons (Fsp3) is 0.500. The Morgan fingerprint density at radius 2 is 2.07 bits per heavy atom. The Bertz CT molecular complexity index is 281. The summed E-state index contributed by atoms with van der Waals surface area (Å²) in [5.74, 6) is 0. The molecule has 78 valence electrons. The van der Waals surface area contributed by atoms with Gasteiger partial charge in [0.15, 0.2) is 0 Å². The Labute approximate surface area is 86.5 Å². The van der Waals surface area contributed by atoms with Crippen molar-refractivity contribution in [3.8, 4) is 0 Å². The third-order valence-corrected chi connectivity index (χ3v) is 2.52. The van der Waals surface area contributed by atoms with Crippen LogP contribution in [0.2, 0.25) is 0 Å². The number of rotatable bonds is 4. The van der Waals surface area contributed by atoms with E-state index < -0.39 is 0 Å². The summed E-state index contributed by atoms with van der Waals surface area (Å²) in [6.45, 7) is 6.28. The van der Waals surface area contributed by atoms with Gasteiger partial charge >= 0.3 is 0 Å². The van der Waals surface area contributed by atoms with Crippen LogP contribution in [0.4, 0.5) is 5.69 Å².